The maximum Gasteiger partial charge on any atom is 0.234 e. The molecule has 1 aromatic carbocycles. The molecule has 0 unspecified atom stereocenters. The van der Waals surface area contributed by atoms with Crippen LogP contribution >= 0.6 is 23.4 Å². The van der Waals surface area contributed by atoms with E-state index in [4.69, 9.17) is 11.6 Å². The molecule has 0 saturated heterocycles. The molecule has 0 atom stereocenters. The maximum absolute atomic E-state index is 12.0. The van der Waals surface area contributed by atoms with E-state index in [1.807, 2.05) is 37.5 Å². The monoisotopic (exact) mass is 324 g/mol. The Balaban J connectivity index is 1.99. The summed E-state index contributed by atoms with van der Waals surface area (Å²) in [5.74, 6) is 0.155. The highest BCUT2D eigenvalue weighted by Crippen LogP contribution is 2.27. The van der Waals surface area contributed by atoms with Gasteiger partial charge in [-0.3, -0.25) is 4.79 Å². The van der Waals surface area contributed by atoms with E-state index in [1.165, 1.54) is 11.8 Å². The van der Waals surface area contributed by atoms with Crippen LogP contribution in [0.15, 0.2) is 23.6 Å². The van der Waals surface area contributed by atoms with Crippen molar-refractivity contribution in [1.29, 1.82) is 0 Å². The second kappa shape index (κ2) is 6.95. The number of aryl methyl sites for hydroxylation is 3. The van der Waals surface area contributed by atoms with Gasteiger partial charge in [-0.05, 0) is 38.0 Å². The first-order valence-corrected chi connectivity index (χ1v) is 7.94. The van der Waals surface area contributed by atoms with Gasteiger partial charge in [0.2, 0.25) is 5.91 Å². The molecule has 2 rings (SSSR count). The highest BCUT2D eigenvalue weighted by molar-refractivity contribution is 7.99. The van der Waals surface area contributed by atoms with E-state index in [-0.39, 0.29) is 11.7 Å². The Kier molecular flexibility index (Phi) is 5.25. The fourth-order valence-electron chi connectivity index (χ4n) is 1.95. The van der Waals surface area contributed by atoms with Crippen LogP contribution in [0.25, 0.3) is 0 Å². The Morgan fingerprint density at radius 3 is 2.86 bits per heavy atom. The number of amides is 1. The predicted octanol–water partition coefficient (Wildman–Crippen LogP) is 3.30. The van der Waals surface area contributed by atoms with Gasteiger partial charge in [0, 0.05) is 6.54 Å². The highest BCUT2D eigenvalue weighted by Gasteiger charge is 2.11. The maximum atomic E-state index is 12.0. The number of rotatable bonds is 5. The average molecular weight is 325 g/mol. The molecule has 1 heterocycles. The number of carbonyl (C=O) groups excluding carboxylic acids is 1. The van der Waals surface area contributed by atoms with Gasteiger partial charge in [0.15, 0.2) is 5.16 Å². The molecule has 0 fully saturated rings. The summed E-state index contributed by atoms with van der Waals surface area (Å²) in [7, 11) is 0. The lowest BCUT2D eigenvalue weighted by atomic mass is 10.1. The van der Waals surface area contributed by atoms with Gasteiger partial charge in [0.25, 0.3) is 0 Å². The van der Waals surface area contributed by atoms with Crippen LogP contribution in [0.3, 0.4) is 0 Å². The lowest BCUT2D eigenvalue weighted by Gasteiger charge is -2.11. The zero-order valence-electron chi connectivity index (χ0n) is 12.2. The molecule has 112 valence electrons. The smallest absolute Gasteiger partial charge is 0.234 e. The molecule has 0 bridgehead atoms. The van der Waals surface area contributed by atoms with Crippen LogP contribution in [-0.4, -0.2) is 26.4 Å². The van der Waals surface area contributed by atoms with Crippen molar-refractivity contribution in [2.24, 2.45) is 0 Å². The number of anilines is 1. The van der Waals surface area contributed by atoms with Crippen molar-refractivity contribution in [3.05, 3.63) is 34.6 Å². The second-order valence-electron chi connectivity index (χ2n) is 4.68. The van der Waals surface area contributed by atoms with Crippen molar-refractivity contribution in [3.63, 3.8) is 0 Å². The number of benzene rings is 1. The molecule has 1 aromatic heterocycles. The summed E-state index contributed by atoms with van der Waals surface area (Å²) in [6.45, 7) is 6.68. The van der Waals surface area contributed by atoms with E-state index in [0.29, 0.717) is 10.7 Å². The van der Waals surface area contributed by atoms with Crippen LogP contribution in [0.1, 0.15) is 18.1 Å². The molecule has 0 saturated carbocycles. The predicted molar refractivity (Wildman–Crippen MR) is 86.0 cm³/mol. The zero-order valence-corrected chi connectivity index (χ0v) is 13.8. The molecule has 0 radical (unpaired) electrons. The second-order valence-corrected chi connectivity index (χ2v) is 6.02. The summed E-state index contributed by atoms with van der Waals surface area (Å²) in [5, 5.41) is 12.0. The summed E-state index contributed by atoms with van der Waals surface area (Å²) in [6, 6.07) is 3.83. The van der Waals surface area contributed by atoms with Crippen LogP contribution in [-0.2, 0) is 11.3 Å². The first-order valence-electron chi connectivity index (χ1n) is 6.58. The Hall–Kier alpha value is -1.53. The minimum atomic E-state index is -0.112. The molecule has 0 aliphatic heterocycles. The molecule has 2 aromatic rings. The summed E-state index contributed by atoms with van der Waals surface area (Å²) in [6.07, 6.45) is 1.65. The first kappa shape index (κ1) is 15.9. The molecule has 1 N–H and O–H groups in total. The third kappa shape index (κ3) is 3.98. The summed E-state index contributed by atoms with van der Waals surface area (Å²) in [5.41, 5.74) is 2.70. The largest absolute Gasteiger partial charge is 0.324 e. The van der Waals surface area contributed by atoms with Crippen LogP contribution in [0.4, 0.5) is 5.69 Å². The van der Waals surface area contributed by atoms with Crippen LogP contribution in [0.5, 0.6) is 0 Å². The fourth-order valence-corrected chi connectivity index (χ4v) is 3.10. The minimum Gasteiger partial charge on any atom is -0.324 e. The number of hydrogen-bond donors (Lipinski definition) is 1. The molecule has 0 aliphatic rings. The molecule has 1 amide bonds. The normalized spacial score (nSPS) is 10.7. The van der Waals surface area contributed by atoms with Crippen LogP contribution in [0.2, 0.25) is 5.02 Å². The standard InChI is InChI=1S/C14H17ClN4OS/c1-4-19-8-16-18-14(19)21-7-12(20)17-13-10(3)5-9(2)6-11(13)15/h5-6,8H,4,7H2,1-3H3,(H,17,20). The molecule has 0 spiro atoms. The van der Waals surface area contributed by atoms with Gasteiger partial charge in [-0.1, -0.05) is 29.4 Å². The molecular formula is C14H17ClN4OS. The lowest BCUT2D eigenvalue weighted by Crippen LogP contribution is -2.15. The molecule has 5 nitrogen and oxygen atoms in total. The SMILES string of the molecule is CCn1cnnc1SCC(=O)Nc1c(C)cc(C)cc1Cl. The fraction of sp³-hybridized carbons (Fsp3) is 0.357. The zero-order chi connectivity index (χ0) is 15.4. The Bertz CT molecular complexity index is 633. The first-order chi connectivity index (χ1) is 10.0. The number of hydrogen-bond acceptors (Lipinski definition) is 4. The summed E-state index contributed by atoms with van der Waals surface area (Å²) < 4.78 is 1.89. The van der Waals surface area contributed by atoms with Gasteiger partial charge in [-0.15, -0.1) is 10.2 Å². The van der Waals surface area contributed by atoms with Gasteiger partial charge in [-0.25, -0.2) is 0 Å². The van der Waals surface area contributed by atoms with E-state index < -0.39 is 0 Å². The Morgan fingerprint density at radius 2 is 2.19 bits per heavy atom. The van der Waals surface area contributed by atoms with Crippen LogP contribution in [0, 0.1) is 13.8 Å². The average Bonchev–Trinajstić information content (AvgIpc) is 2.88. The summed E-state index contributed by atoms with van der Waals surface area (Å²) in [4.78, 5) is 12.0. The lowest BCUT2D eigenvalue weighted by molar-refractivity contribution is -0.113. The molecular weight excluding hydrogens is 308 g/mol. The third-order valence-electron chi connectivity index (χ3n) is 2.95. The van der Waals surface area contributed by atoms with Crippen molar-refractivity contribution in [2.75, 3.05) is 11.1 Å². The number of thioether (sulfide) groups is 1. The topological polar surface area (TPSA) is 59.8 Å². The number of aromatic nitrogens is 3. The van der Waals surface area contributed by atoms with Crippen LogP contribution < -0.4 is 5.32 Å². The van der Waals surface area contributed by atoms with E-state index >= 15 is 0 Å². The van der Waals surface area contributed by atoms with Gasteiger partial charge < -0.3 is 9.88 Å². The Morgan fingerprint density at radius 1 is 1.43 bits per heavy atom. The quantitative estimate of drug-likeness (QED) is 0.857. The van der Waals surface area contributed by atoms with E-state index in [9.17, 15) is 4.79 Å². The summed E-state index contributed by atoms with van der Waals surface area (Å²) >= 11 is 7.53. The van der Waals surface area contributed by atoms with Crippen molar-refractivity contribution in [1.82, 2.24) is 14.8 Å². The van der Waals surface area contributed by atoms with Gasteiger partial charge >= 0.3 is 0 Å². The minimum absolute atomic E-state index is 0.112. The highest BCUT2D eigenvalue weighted by atomic mass is 35.5. The van der Waals surface area contributed by atoms with Crippen molar-refractivity contribution in [2.45, 2.75) is 32.5 Å². The number of nitrogens with zero attached hydrogens (tertiary/aromatic N) is 3. The molecule has 0 aliphatic carbocycles. The number of halogens is 1. The third-order valence-corrected chi connectivity index (χ3v) is 4.23. The van der Waals surface area contributed by atoms with Crippen molar-refractivity contribution in [3.8, 4) is 0 Å². The Labute approximate surface area is 133 Å². The van der Waals surface area contributed by atoms with E-state index in [2.05, 4.69) is 15.5 Å². The van der Waals surface area contributed by atoms with E-state index in [0.717, 1.165) is 22.8 Å². The van der Waals surface area contributed by atoms with Crippen molar-refractivity contribution < 1.29 is 4.79 Å². The van der Waals surface area contributed by atoms with E-state index in [1.54, 1.807) is 6.33 Å². The molecule has 7 heteroatoms. The number of carbonyl (C=O) groups is 1. The van der Waals surface area contributed by atoms with Gasteiger partial charge in [-0.2, -0.15) is 0 Å². The number of nitrogens with one attached hydrogen (secondary N) is 1. The van der Waals surface area contributed by atoms with Gasteiger partial charge in [0.05, 0.1) is 16.5 Å². The van der Waals surface area contributed by atoms with Gasteiger partial charge in [0.1, 0.15) is 6.33 Å². The molecule has 21 heavy (non-hydrogen) atoms. The van der Waals surface area contributed by atoms with Crippen molar-refractivity contribution >= 4 is 35.0 Å².